The molecule has 2 aromatic rings. The van der Waals surface area contributed by atoms with Crippen LogP contribution in [0.4, 0.5) is 11.5 Å². The summed E-state index contributed by atoms with van der Waals surface area (Å²) in [5, 5.41) is 7.31. The molecule has 6 nitrogen and oxygen atoms in total. The monoisotopic (exact) mass is 354 g/mol. The van der Waals surface area contributed by atoms with Gasteiger partial charge in [0.25, 0.3) is 0 Å². The lowest BCUT2D eigenvalue weighted by atomic mass is 9.98. The van der Waals surface area contributed by atoms with Crippen molar-refractivity contribution in [2.24, 2.45) is 10.1 Å². The fourth-order valence-electron chi connectivity index (χ4n) is 3.22. The summed E-state index contributed by atoms with van der Waals surface area (Å²) in [7, 11) is 0. The van der Waals surface area contributed by atoms with Gasteiger partial charge in [0.05, 0.1) is 28.3 Å². The number of aryl methyl sites for hydroxylation is 1. The second-order valence-corrected chi connectivity index (χ2v) is 6.56. The number of aromatic nitrogens is 2. The van der Waals surface area contributed by atoms with Crippen LogP contribution in [-0.2, 0) is 6.42 Å². The molecule has 0 saturated heterocycles. The maximum Gasteiger partial charge on any atom is 0.142 e. The minimum absolute atomic E-state index is 0.394. The summed E-state index contributed by atoms with van der Waals surface area (Å²) in [6.45, 7) is 3.85. The SMILES string of the molecule is CCN1CCC(c2nc(N)cnc2-c2cc(Cl)c3c(c2)CCC=N3)=N1. The highest BCUT2D eigenvalue weighted by Crippen LogP contribution is 2.37. The molecule has 0 unspecified atom stereocenters. The Hall–Kier alpha value is -2.47. The standard InChI is InChI=1S/C18H19ClN6/c1-2-25-7-5-14(24-25)18-17(22-10-15(20)23-18)12-8-11-4-3-6-21-16(11)13(19)9-12/h6,8-10H,2-5,7H2,1H3,(H2,20,23). The maximum absolute atomic E-state index is 6.46. The molecule has 1 aromatic carbocycles. The highest BCUT2D eigenvalue weighted by Gasteiger charge is 2.22. The largest absolute Gasteiger partial charge is 0.382 e. The fourth-order valence-corrected chi connectivity index (χ4v) is 3.51. The maximum atomic E-state index is 6.46. The van der Waals surface area contributed by atoms with Crippen molar-refractivity contribution in [1.82, 2.24) is 15.0 Å². The van der Waals surface area contributed by atoms with Crippen LogP contribution in [0.2, 0.25) is 5.02 Å². The van der Waals surface area contributed by atoms with Crippen molar-refractivity contribution in [2.45, 2.75) is 26.2 Å². The molecular weight excluding hydrogens is 336 g/mol. The summed E-state index contributed by atoms with van der Waals surface area (Å²) < 4.78 is 0. The summed E-state index contributed by atoms with van der Waals surface area (Å²) in [6.07, 6.45) is 6.17. The van der Waals surface area contributed by atoms with Crippen LogP contribution in [-0.4, -0.2) is 40.0 Å². The summed E-state index contributed by atoms with van der Waals surface area (Å²) >= 11 is 6.46. The van der Waals surface area contributed by atoms with Crippen molar-refractivity contribution in [2.75, 3.05) is 18.8 Å². The molecule has 25 heavy (non-hydrogen) atoms. The van der Waals surface area contributed by atoms with E-state index in [9.17, 15) is 0 Å². The van der Waals surface area contributed by atoms with Crippen molar-refractivity contribution in [1.29, 1.82) is 0 Å². The first kappa shape index (κ1) is 16.0. The number of hydrazone groups is 1. The predicted molar refractivity (Wildman–Crippen MR) is 102 cm³/mol. The van der Waals surface area contributed by atoms with Crippen LogP contribution in [0, 0.1) is 0 Å². The Balaban J connectivity index is 1.84. The van der Waals surface area contributed by atoms with Gasteiger partial charge < -0.3 is 5.73 Å². The molecule has 0 radical (unpaired) electrons. The second kappa shape index (κ2) is 6.44. The first-order valence-corrected chi connectivity index (χ1v) is 8.84. The number of hydrogen-bond acceptors (Lipinski definition) is 6. The van der Waals surface area contributed by atoms with Gasteiger partial charge in [0, 0.05) is 31.3 Å². The lowest BCUT2D eigenvalue weighted by Crippen LogP contribution is -2.11. The zero-order chi connectivity index (χ0) is 17.4. The highest BCUT2D eigenvalue weighted by atomic mass is 35.5. The molecule has 0 saturated carbocycles. The van der Waals surface area contributed by atoms with Gasteiger partial charge in [0.15, 0.2) is 0 Å². The van der Waals surface area contributed by atoms with E-state index in [4.69, 9.17) is 17.3 Å². The zero-order valence-corrected chi connectivity index (χ0v) is 14.8. The van der Waals surface area contributed by atoms with Gasteiger partial charge in [-0.1, -0.05) is 11.6 Å². The van der Waals surface area contributed by atoms with E-state index in [0.29, 0.717) is 10.8 Å². The average molecular weight is 355 g/mol. The van der Waals surface area contributed by atoms with Gasteiger partial charge in [-0.25, -0.2) is 4.98 Å². The smallest absolute Gasteiger partial charge is 0.142 e. The summed E-state index contributed by atoms with van der Waals surface area (Å²) in [6, 6.07) is 4.01. The quantitative estimate of drug-likeness (QED) is 0.915. The fraction of sp³-hybridized carbons (Fsp3) is 0.333. The van der Waals surface area contributed by atoms with E-state index in [2.05, 4.69) is 33.1 Å². The Bertz CT molecular complexity index is 889. The topological polar surface area (TPSA) is 79.8 Å². The summed E-state index contributed by atoms with van der Waals surface area (Å²) in [5.41, 5.74) is 11.3. The molecule has 2 aliphatic rings. The third-order valence-corrected chi connectivity index (χ3v) is 4.77. The number of hydrogen-bond donors (Lipinski definition) is 1. The summed E-state index contributed by atoms with van der Waals surface area (Å²) in [4.78, 5) is 13.5. The molecule has 128 valence electrons. The minimum atomic E-state index is 0.394. The van der Waals surface area contributed by atoms with Crippen molar-refractivity contribution in [3.8, 4) is 11.3 Å². The van der Waals surface area contributed by atoms with E-state index >= 15 is 0 Å². The number of nitrogen functional groups attached to an aromatic ring is 1. The Kier molecular flexibility index (Phi) is 4.13. The molecule has 0 spiro atoms. The number of anilines is 1. The number of benzene rings is 1. The van der Waals surface area contributed by atoms with E-state index in [1.165, 1.54) is 0 Å². The van der Waals surface area contributed by atoms with Gasteiger partial charge in [0.2, 0.25) is 0 Å². The summed E-state index contributed by atoms with van der Waals surface area (Å²) in [5.74, 6) is 0.394. The van der Waals surface area contributed by atoms with Crippen LogP contribution in [0.15, 0.2) is 28.4 Å². The molecule has 1 aromatic heterocycles. The van der Waals surface area contributed by atoms with Gasteiger partial charge >= 0.3 is 0 Å². The predicted octanol–water partition coefficient (Wildman–Crippen LogP) is 3.46. The molecule has 4 rings (SSSR count). The van der Waals surface area contributed by atoms with E-state index in [1.54, 1.807) is 6.20 Å². The Labute approximate surface area is 151 Å². The molecule has 3 heterocycles. The average Bonchev–Trinajstić information content (AvgIpc) is 3.11. The zero-order valence-electron chi connectivity index (χ0n) is 14.0. The van der Waals surface area contributed by atoms with E-state index in [0.717, 1.165) is 66.3 Å². The van der Waals surface area contributed by atoms with Crippen molar-refractivity contribution < 1.29 is 0 Å². The first-order valence-electron chi connectivity index (χ1n) is 8.46. The number of aliphatic imine (C=N–C) groups is 1. The Morgan fingerprint density at radius 2 is 2.12 bits per heavy atom. The minimum Gasteiger partial charge on any atom is -0.382 e. The number of halogens is 1. The molecule has 2 N–H and O–H groups in total. The van der Waals surface area contributed by atoms with Crippen LogP contribution in [0.3, 0.4) is 0 Å². The highest BCUT2D eigenvalue weighted by molar-refractivity contribution is 6.33. The molecular formula is C18H19ClN6. The van der Waals surface area contributed by atoms with Gasteiger partial charge in [-0.3, -0.25) is 15.0 Å². The third kappa shape index (κ3) is 2.98. The molecule has 0 aliphatic carbocycles. The number of fused-ring (bicyclic) bond motifs is 1. The van der Waals surface area contributed by atoms with Crippen LogP contribution in [0.5, 0.6) is 0 Å². The van der Waals surface area contributed by atoms with E-state index in [-0.39, 0.29) is 0 Å². The molecule has 0 fully saturated rings. The molecule has 2 aliphatic heterocycles. The number of nitrogens with zero attached hydrogens (tertiary/aromatic N) is 5. The van der Waals surface area contributed by atoms with Gasteiger partial charge in [-0.05, 0) is 37.5 Å². The van der Waals surface area contributed by atoms with Crippen LogP contribution in [0.1, 0.15) is 31.0 Å². The van der Waals surface area contributed by atoms with Crippen molar-refractivity contribution in [3.05, 3.63) is 34.6 Å². The van der Waals surface area contributed by atoms with Crippen LogP contribution >= 0.6 is 11.6 Å². The number of rotatable bonds is 3. The second-order valence-electron chi connectivity index (χ2n) is 6.15. The first-order chi connectivity index (χ1) is 12.2. The van der Waals surface area contributed by atoms with Crippen LogP contribution in [0.25, 0.3) is 11.3 Å². The number of nitrogens with two attached hydrogens (primary N) is 1. The normalized spacial score (nSPS) is 16.1. The Morgan fingerprint density at radius 3 is 2.92 bits per heavy atom. The van der Waals surface area contributed by atoms with Gasteiger partial charge in [-0.15, -0.1) is 0 Å². The van der Waals surface area contributed by atoms with Crippen molar-refractivity contribution >= 4 is 35.0 Å². The van der Waals surface area contributed by atoms with Gasteiger partial charge in [0.1, 0.15) is 11.5 Å². The molecule has 0 atom stereocenters. The molecule has 0 bridgehead atoms. The van der Waals surface area contributed by atoms with E-state index < -0.39 is 0 Å². The van der Waals surface area contributed by atoms with Crippen LogP contribution < -0.4 is 5.73 Å². The lowest BCUT2D eigenvalue weighted by Gasteiger charge is -2.15. The Morgan fingerprint density at radius 1 is 1.24 bits per heavy atom. The van der Waals surface area contributed by atoms with E-state index in [1.807, 2.05) is 17.3 Å². The molecule has 7 heteroatoms. The third-order valence-electron chi connectivity index (χ3n) is 4.48. The molecule has 0 amide bonds. The van der Waals surface area contributed by atoms with Crippen molar-refractivity contribution in [3.63, 3.8) is 0 Å². The lowest BCUT2D eigenvalue weighted by molar-refractivity contribution is 0.336. The van der Waals surface area contributed by atoms with Gasteiger partial charge in [-0.2, -0.15) is 5.10 Å².